The van der Waals surface area contributed by atoms with Gasteiger partial charge in [0.15, 0.2) is 6.61 Å². The molecule has 0 aromatic heterocycles. The van der Waals surface area contributed by atoms with Crippen LogP contribution in [0.1, 0.15) is 31.7 Å². The van der Waals surface area contributed by atoms with Gasteiger partial charge in [0.05, 0.1) is 6.54 Å². The van der Waals surface area contributed by atoms with Crippen LogP contribution in [0.3, 0.4) is 0 Å². The highest BCUT2D eigenvalue weighted by Gasteiger charge is 2.31. The smallest absolute Gasteiger partial charge is 0.326 e. The Labute approximate surface area is 169 Å². The summed E-state index contributed by atoms with van der Waals surface area (Å²) >= 11 is 0. The minimum atomic E-state index is -0.845. The Bertz CT molecular complexity index is 791. The van der Waals surface area contributed by atoms with E-state index in [1.165, 1.54) is 4.90 Å². The van der Waals surface area contributed by atoms with Crippen LogP contribution in [0, 0.1) is 6.92 Å². The third-order valence-electron chi connectivity index (χ3n) is 4.40. The summed E-state index contributed by atoms with van der Waals surface area (Å²) in [5.41, 5.74) is 1.56. The summed E-state index contributed by atoms with van der Waals surface area (Å²) in [6.07, 6.45) is 0.769. The van der Waals surface area contributed by atoms with Crippen LogP contribution in [0.15, 0.2) is 24.3 Å². The van der Waals surface area contributed by atoms with E-state index in [0.29, 0.717) is 18.7 Å². The zero-order chi connectivity index (χ0) is 21.4. The first-order valence-electron chi connectivity index (χ1n) is 9.44. The number of para-hydroxylation sites is 1. The zero-order valence-electron chi connectivity index (χ0n) is 16.6. The van der Waals surface area contributed by atoms with Crippen LogP contribution in [-0.2, 0) is 28.7 Å². The van der Waals surface area contributed by atoms with E-state index in [-0.39, 0.29) is 25.3 Å². The van der Waals surface area contributed by atoms with Crippen molar-refractivity contribution in [1.82, 2.24) is 9.80 Å². The van der Waals surface area contributed by atoms with Gasteiger partial charge < -0.3 is 15.0 Å². The van der Waals surface area contributed by atoms with Crippen molar-refractivity contribution in [2.45, 2.75) is 33.1 Å². The first kappa shape index (κ1) is 22.1. The van der Waals surface area contributed by atoms with Gasteiger partial charge in [-0.1, -0.05) is 25.1 Å². The molecule has 2 rings (SSSR count). The highest BCUT2D eigenvalue weighted by Crippen LogP contribution is 2.13. The van der Waals surface area contributed by atoms with Gasteiger partial charge in [-0.25, -0.2) is 0 Å². The maximum Gasteiger partial charge on any atom is 0.326 e. The van der Waals surface area contributed by atoms with Crippen LogP contribution >= 0.6 is 0 Å². The van der Waals surface area contributed by atoms with E-state index in [4.69, 9.17) is 4.74 Å². The predicted octanol–water partition coefficient (Wildman–Crippen LogP) is 0.864. The van der Waals surface area contributed by atoms with Crippen LogP contribution in [0.5, 0.6) is 0 Å². The van der Waals surface area contributed by atoms with Crippen molar-refractivity contribution in [3.8, 4) is 0 Å². The van der Waals surface area contributed by atoms with Crippen LogP contribution in [0.2, 0.25) is 0 Å². The Morgan fingerprint density at radius 2 is 1.79 bits per heavy atom. The molecule has 1 aliphatic heterocycles. The van der Waals surface area contributed by atoms with Crippen molar-refractivity contribution in [2.24, 2.45) is 0 Å². The minimum absolute atomic E-state index is 0.0747. The standard InChI is InChI=1S/C20H25N3O6/c1-3-10-22(11-16(24)21-15-7-5-4-6-14(15)2)19(27)13-29-20(28)12-23-17(25)8-9-18(23)26/h4-7H,3,8-13H2,1-2H3,(H,21,24). The molecule has 0 unspecified atom stereocenters. The number of benzene rings is 1. The van der Waals surface area contributed by atoms with Crippen molar-refractivity contribution >= 4 is 35.3 Å². The molecule has 1 saturated heterocycles. The van der Waals surface area contributed by atoms with Gasteiger partial charge in [0, 0.05) is 25.1 Å². The highest BCUT2D eigenvalue weighted by molar-refractivity contribution is 6.04. The van der Waals surface area contributed by atoms with Gasteiger partial charge in [-0.15, -0.1) is 0 Å². The number of imide groups is 1. The summed E-state index contributed by atoms with van der Waals surface area (Å²) in [4.78, 5) is 61.7. The van der Waals surface area contributed by atoms with E-state index < -0.39 is 36.8 Å². The third kappa shape index (κ3) is 6.41. The molecule has 1 aromatic carbocycles. The Kier molecular flexibility index (Phi) is 7.88. The molecule has 0 bridgehead atoms. The summed E-state index contributed by atoms with van der Waals surface area (Å²) in [6, 6.07) is 7.28. The second-order valence-corrected chi connectivity index (χ2v) is 6.71. The SMILES string of the molecule is CCCN(CC(=O)Nc1ccccc1C)C(=O)COC(=O)CN1C(=O)CCC1=O. The van der Waals surface area contributed by atoms with Gasteiger partial charge in [0.25, 0.3) is 5.91 Å². The molecule has 9 nitrogen and oxygen atoms in total. The number of carbonyl (C=O) groups is 5. The van der Waals surface area contributed by atoms with E-state index in [2.05, 4.69) is 5.32 Å². The molecule has 1 fully saturated rings. The lowest BCUT2D eigenvalue weighted by molar-refractivity contribution is -0.156. The summed E-state index contributed by atoms with van der Waals surface area (Å²) in [6.45, 7) is 2.79. The largest absolute Gasteiger partial charge is 0.454 e. The molecule has 9 heteroatoms. The molecule has 0 aliphatic carbocycles. The maximum atomic E-state index is 12.4. The van der Waals surface area contributed by atoms with Crippen molar-refractivity contribution < 1.29 is 28.7 Å². The van der Waals surface area contributed by atoms with Crippen molar-refractivity contribution in [1.29, 1.82) is 0 Å². The predicted molar refractivity (Wildman–Crippen MR) is 104 cm³/mol. The Morgan fingerprint density at radius 1 is 1.14 bits per heavy atom. The number of ether oxygens (including phenoxy) is 1. The molecule has 0 spiro atoms. The number of nitrogens with one attached hydrogen (secondary N) is 1. The fourth-order valence-electron chi connectivity index (χ4n) is 2.85. The molecule has 29 heavy (non-hydrogen) atoms. The third-order valence-corrected chi connectivity index (χ3v) is 4.40. The van der Waals surface area contributed by atoms with Gasteiger partial charge in [-0.3, -0.25) is 28.9 Å². The van der Waals surface area contributed by atoms with E-state index >= 15 is 0 Å². The topological polar surface area (TPSA) is 113 Å². The average molecular weight is 403 g/mol. The van der Waals surface area contributed by atoms with Gasteiger partial charge >= 0.3 is 5.97 Å². The molecular formula is C20H25N3O6. The van der Waals surface area contributed by atoms with Crippen LogP contribution in [0.25, 0.3) is 0 Å². The number of anilines is 1. The molecule has 1 aromatic rings. The molecule has 0 atom stereocenters. The van der Waals surface area contributed by atoms with E-state index in [9.17, 15) is 24.0 Å². The number of likely N-dealkylation sites (tertiary alicyclic amines) is 1. The number of carbonyl (C=O) groups excluding carboxylic acids is 5. The normalized spacial score (nSPS) is 13.4. The Morgan fingerprint density at radius 3 is 2.41 bits per heavy atom. The first-order chi connectivity index (χ1) is 13.8. The lowest BCUT2D eigenvalue weighted by Gasteiger charge is -2.22. The van der Waals surface area contributed by atoms with Crippen molar-refractivity contribution in [2.75, 3.05) is 31.6 Å². The molecule has 156 valence electrons. The Hall–Kier alpha value is -3.23. The molecule has 0 saturated carbocycles. The number of esters is 1. The number of aryl methyl sites for hydroxylation is 1. The average Bonchev–Trinajstić information content (AvgIpc) is 2.99. The minimum Gasteiger partial charge on any atom is -0.454 e. The molecule has 1 N–H and O–H groups in total. The number of hydrogen-bond acceptors (Lipinski definition) is 6. The highest BCUT2D eigenvalue weighted by atomic mass is 16.5. The van der Waals surface area contributed by atoms with E-state index in [0.717, 1.165) is 10.5 Å². The van der Waals surface area contributed by atoms with E-state index in [1.54, 1.807) is 12.1 Å². The monoisotopic (exact) mass is 403 g/mol. The molecular weight excluding hydrogens is 378 g/mol. The maximum absolute atomic E-state index is 12.4. The van der Waals surface area contributed by atoms with Gasteiger partial charge in [0.2, 0.25) is 17.7 Å². The van der Waals surface area contributed by atoms with Crippen LogP contribution < -0.4 is 5.32 Å². The van der Waals surface area contributed by atoms with Gasteiger partial charge in [-0.2, -0.15) is 0 Å². The lowest BCUT2D eigenvalue weighted by atomic mass is 10.2. The van der Waals surface area contributed by atoms with E-state index in [1.807, 2.05) is 26.0 Å². The summed E-state index contributed by atoms with van der Waals surface area (Å²) in [5.74, 6) is -2.60. The zero-order valence-corrected chi connectivity index (χ0v) is 16.6. The number of amides is 4. The summed E-state index contributed by atoms with van der Waals surface area (Å²) < 4.78 is 4.90. The number of rotatable bonds is 9. The van der Waals surface area contributed by atoms with Crippen molar-refractivity contribution in [3.63, 3.8) is 0 Å². The molecule has 4 amide bonds. The fourth-order valence-corrected chi connectivity index (χ4v) is 2.85. The molecule has 0 radical (unpaired) electrons. The van der Waals surface area contributed by atoms with Crippen LogP contribution in [0.4, 0.5) is 5.69 Å². The second-order valence-electron chi connectivity index (χ2n) is 6.71. The van der Waals surface area contributed by atoms with Gasteiger partial charge in [0.1, 0.15) is 6.54 Å². The summed E-state index contributed by atoms with van der Waals surface area (Å²) in [7, 11) is 0. The molecule has 1 aliphatic rings. The molecule has 1 heterocycles. The fraction of sp³-hybridized carbons (Fsp3) is 0.450. The summed E-state index contributed by atoms with van der Waals surface area (Å²) in [5, 5.41) is 2.75. The Balaban J connectivity index is 1.85. The number of nitrogens with zero attached hydrogens (tertiary/aromatic N) is 2. The van der Waals surface area contributed by atoms with Gasteiger partial charge in [-0.05, 0) is 25.0 Å². The lowest BCUT2D eigenvalue weighted by Crippen LogP contribution is -2.42. The first-order valence-corrected chi connectivity index (χ1v) is 9.44. The van der Waals surface area contributed by atoms with Crippen molar-refractivity contribution in [3.05, 3.63) is 29.8 Å². The van der Waals surface area contributed by atoms with Crippen LogP contribution in [-0.4, -0.2) is 65.6 Å². The number of hydrogen-bond donors (Lipinski definition) is 1. The quantitative estimate of drug-likeness (QED) is 0.483. The second kappa shape index (κ2) is 10.4.